The van der Waals surface area contributed by atoms with Gasteiger partial charge < -0.3 is 5.32 Å². The molecule has 4 unspecified atom stereocenters. The topological polar surface area (TPSA) is 78.5 Å². The van der Waals surface area contributed by atoms with E-state index in [-0.39, 0.29) is 29.7 Å². The summed E-state index contributed by atoms with van der Waals surface area (Å²) < 4.78 is 0.825. The van der Waals surface area contributed by atoms with E-state index < -0.39 is 17.4 Å². The van der Waals surface area contributed by atoms with Crippen LogP contribution in [0.25, 0.3) is 0 Å². The van der Waals surface area contributed by atoms with Crippen molar-refractivity contribution in [3.63, 3.8) is 0 Å². The van der Waals surface area contributed by atoms with E-state index in [1.54, 1.807) is 0 Å². The number of likely N-dealkylation sites (tertiary alicyclic amines) is 1. The zero-order chi connectivity index (χ0) is 21.9. The third-order valence-corrected chi connectivity index (χ3v) is 7.38. The smallest absolute Gasteiger partial charge is 0.250 e. The van der Waals surface area contributed by atoms with Crippen LogP contribution in [-0.2, 0) is 26.3 Å². The van der Waals surface area contributed by atoms with Crippen molar-refractivity contribution < 1.29 is 14.4 Å². The molecular formula is C24H24BrN3O3. The number of carbonyl (C=O) groups excluding carboxylic acids is 3. The summed E-state index contributed by atoms with van der Waals surface area (Å²) in [5.74, 6) is -1.92. The molecule has 3 heterocycles. The maximum absolute atomic E-state index is 13.7. The fourth-order valence-electron chi connectivity index (χ4n) is 5.44. The SMILES string of the molecule is CC(C)C1NC2(C(=O)Nc3ccc(Br)cc32)C2C(=O)N(CCc3ccccc3)C(=O)C12. The molecule has 1 spiro atoms. The molecule has 0 radical (unpaired) electrons. The summed E-state index contributed by atoms with van der Waals surface area (Å²) in [5.41, 5.74) is 1.26. The van der Waals surface area contributed by atoms with Crippen LogP contribution < -0.4 is 10.6 Å². The van der Waals surface area contributed by atoms with Crippen molar-refractivity contribution in [2.45, 2.75) is 31.8 Å². The Hall–Kier alpha value is -2.51. The van der Waals surface area contributed by atoms with E-state index in [0.29, 0.717) is 18.7 Å². The normalized spacial score (nSPS) is 29.1. The van der Waals surface area contributed by atoms with Gasteiger partial charge in [-0.05, 0) is 36.1 Å². The highest BCUT2D eigenvalue weighted by molar-refractivity contribution is 9.10. The Bertz CT molecular complexity index is 1090. The molecule has 0 saturated carbocycles. The molecule has 5 rings (SSSR count). The maximum atomic E-state index is 13.7. The molecule has 0 bridgehead atoms. The predicted octanol–water partition coefficient (Wildman–Crippen LogP) is 3.07. The van der Waals surface area contributed by atoms with E-state index in [9.17, 15) is 14.4 Å². The largest absolute Gasteiger partial charge is 0.324 e. The van der Waals surface area contributed by atoms with Crippen LogP contribution in [0.3, 0.4) is 0 Å². The summed E-state index contributed by atoms with van der Waals surface area (Å²) >= 11 is 3.49. The van der Waals surface area contributed by atoms with Gasteiger partial charge in [-0.2, -0.15) is 0 Å². The number of nitrogens with zero attached hydrogens (tertiary/aromatic N) is 1. The number of fused-ring (bicyclic) bond motifs is 4. The Kier molecular flexibility index (Phi) is 4.79. The number of benzene rings is 2. The third kappa shape index (κ3) is 2.90. The molecule has 2 fully saturated rings. The molecule has 2 aromatic carbocycles. The molecule has 6 nitrogen and oxygen atoms in total. The minimum atomic E-state index is -1.23. The summed E-state index contributed by atoms with van der Waals surface area (Å²) in [6.07, 6.45) is 0.596. The second-order valence-electron chi connectivity index (χ2n) is 8.93. The summed E-state index contributed by atoms with van der Waals surface area (Å²) in [6, 6.07) is 15.1. The number of imide groups is 1. The van der Waals surface area contributed by atoms with Crippen LogP contribution in [0.2, 0.25) is 0 Å². The van der Waals surface area contributed by atoms with Gasteiger partial charge in [-0.15, -0.1) is 0 Å². The first-order valence-corrected chi connectivity index (χ1v) is 11.4. The number of nitrogens with one attached hydrogen (secondary N) is 2. The Balaban J connectivity index is 1.55. The number of carbonyl (C=O) groups is 3. The molecule has 0 aromatic heterocycles. The first kappa shape index (κ1) is 20.4. The van der Waals surface area contributed by atoms with E-state index in [1.165, 1.54) is 4.90 Å². The van der Waals surface area contributed by atoms with Crippen LogP contribution >= 0.6 is 15.9 Å². The first-order chi connectivity index (χ1) is 14.8. The van der Waals surface area contributed by atoms with E-state index in [0.717, 1.165) is 15.6 Å². The molecular weight excluding hydrogens is 458 g/mol. The summed E-state index contributed by atoms with van der Waals surface area (Å²) in [7, 11) is 0. The lowest BCUT2D eigenvalue weighted by molar-refractivity contribution is -0.142. The molecule has 2 aromatic rings. The van der Waals surface area contributed by atoms with Gasteiger partial charge in [0.15, 0.2) is 0 Å². The van der Waals surface area contributed by atoms with Gasteiger partial charge in [0, 0.05) is 28.3 Å². The number of hydrogen-bond acceptors (Lipinski definition) is 4. The quantitative estimate of drug-likeness (QED) is 0.657. The third-order valence-electron chi connectivity index (χ3n) is 6.89. The fraction of sp³-hybridized carbons (Fsp3) is 0.375. The van der Waals surface area contributed by atoms with E-state index >= 15 is 0 Å². The fourth-order valence-corrected chi connectivity index (χ4v) is 5.81. The number of anilines is 1. The van der Waals surface area contributed by atoms with Gasteiger partial charge >= 0.3 is 0 Å². The Labute approximate surface area is 189 Å². The molecule has 4 atom stereocenters. The van der Waals surface area contributed by atoms with Crippen molar-refractivity contribution >= 4 is 39.3 Å². The molecule has 0 aliphatic carbocycles. The molecule has 31 heavy (non-hydrogen) atoms. The highest BCUT2D eigenvalue weighted by atomic mass is 79.9. The maximum Gasteiger partial charge on any atom is 0.250 e. The second-order valence-corrected chi connectivity index (χ2v) is 9.85. The van der Waals surface area contributed by atoms with Gasteiger partial charge in [-0.3, -0.25) is 24.6 Å². The van der Waals surface area contributed by atoms with Gasteiger partial charge in [0.25, 0.3) is 0 Å². The number of halogens is 1. The minimum absolute atomic E-state index is 0.0849. The number of hydrogen-bond donors (Lipinski definition) is 2. The Morgan fingerprint density at radius 3 is 2.52 bits per heavy atom. The average Bonchev–Trinajstić information content (AvgIpc) is 3.33. The lowest BCUT2D eigenvalue weighted by Gasteiger charge is -2.30. The van der Waals surface area contributed by atoms with Crippen molar-refractivity contribution in [1.29, 1.82) is 0 Å². The zero-order valence-electron chi connectivity index (χ0n) is 17.4. The van der Waals surface area contributed by atoms with Gasteiger partial charge in [0.05, 0.1) is 11.8 Å². The average molecular weight is 482 g/mol. The molecule has 160 valence electrons. The summed E-state index contributed by atoms with van der Waals surface area (Å²) in [6.45, 7) is 4.36. The van der Waals surface area contributed by atoms with Crippen molar-refractivity contribution in [3.8, 4) is 0 Å². The van der Waals surface area contributed by atoms with Gasteiger partial charge in [-0.1, -0.05) is 60.1 Å². The van der Waals surface area contributed by atoms with Gasteiger partial charge in [-0.25, -0.2) is 0 Å². The predicted molar refractivity (Wildman–Crippen MR) is 120 cm³/mol. The van der Waals surface area contributed by atoms with Gasteiger partial charge in [0.2, 0.25) is 17.7 Å². The number of rotatable bonds is 4. The molecule has 2 saturated heterocycles. The molecule has 2 N–H and O–H groups in total. The number of amides is 3. The van der Waals surface area contributed by atoms with Gasteiger partial charge in [0.1, 0.15) is 5.54 Å². The lowest BCUT2D eigenvalue weighted by Crippen LogP contribution is -2.54. The van der Waals surface area contributed by atoms with Crippen LogP contribution in [0.1, 0.15) is 25.0 Å². The molecule has 3 aliphatic rings. The van der Waals surface area contributed by atoms with Crippen molar-refractivity contribution in [3.05, 3.63) is 64.1 Å². The molecule has 7 heteroatoms. The zero-order valence-corrected chi connectivity index (χ0v) is 19.0. The van der Waals surface area contributed by atoms with Crippen molar-refractivity contribution in [2.24, 2.45) is 17.8 Å². The minimum Gasteiger partial charge on any atom is -0.324 e. The first-order valence-electron chi connectivity index (χ1n) is 10.6. The van der Waals surface area contributed by atoms with Crippen LogP contribution in [-0.4, -0.2) is 35.2 Å². The Morgan fingerprint density at radius 2 is 1.81 bits per heavy atom. The van der Waals surface area contributed by atoms with Crippen LogP contribution in [0, 0.1) is 17.8 Å². The Morgan fingerprint density at radius 1 is 1.06 bits per heavy atom. The van der Waals surface area contributed by atoms with E-state index in [1.807, 2.05) is 62.4 Å². The van der Waals surface area contributed by atoms with Crippen molar-refractivity contribution in [2.75, 3.05) is 11.9 Å². The monoisotopic (exact) mass is 481 g/mol. The van der Waals surface area contributed by atoms with Crippen LogP contribution in [0.4, 0.5) is 5.69 Å². The van der Waals surface area contributed by atoms with Crippen LogP contribution in [0.5, 0.6) is 0 Å². The summed E-state index contributed by atoms with van der Waals surface area (Å²) in [5, 5.41) is 6.39. The molecule has 3 amide bonds. The van der Waals surface area contributed by atoms with E-state index in [2.05, 4.69) is 26.6 Å². The second kappa shape index (κ2) is 7.28. The van der Waals surface area contributed by atoms with E-state index in [4.69, 9.17) is 0 Å². The lowest BCUT2D eigenvalue weighted by atomic mass is 9.76. The molecule has 3 aliphatic heterocycles. The van der Waals surface area contributed by atoms with Crippen LogP contribution in [0.15, 0.2) is 53.0 Å². The highest BCUT2D eigenvalue weighted by Crippen LogP contribution is 2.54. The standard InChI is InChI=1S/C24H24BrN3O3/c1-13(2)20-18-19(22(30)28(21(18)29)11-10-14-6-4-3-5-7-14)24(27-20)16-12-15(25)8-9-17(16)26-23(24)31/h3-9,12-13,18-20,27H,10-11H2,1-2H3,(H,26,31). The highest BCUT2D eigenvalue weighted by Gasteiger charge is 2.70. The van der Waals surface area contributed by atoms with Crippen molar-refractivity contribution in [1.82, 2.24) is 10.2 Å². The summed E-state index contributed by atoms with van der Waals surface area (Å²) in [4.78, 5) is 41.9.